The number of rotatable bonds is 3. The first-order valence-corrected chi connectivity index (χ1v) is 3.58. The van der Waals surface area contributed by atoms with Crippen LogP contribution in [-0.2, 0) is 0 Å². The van der Waals surface area contributed by atoms with Crippen LogP contribution in [-0.4, -0.2) is 6.54 Å². The third kappa shape index (κ3) is 2.15. The first kappa shape index (κ1) is 8.37. The first-order chi connectivity index (χ1) is 5.84. The van der Waals surface area contributed by atoms with Gasteiger partial charge in [-0.1, -0.05) is 42.0 Å². The van der Waals surface area contributed by atoms with E-state index in [1.807, 2.05) is 30.3 Å². The van der Waals surface area contributed by atoms with Crippen LogP contribution in [0.1, 0.15) is 5.56 Å². The first-order valence-electron chi connectivity index (χ1n) is 3.58. The number of benzene rings is 1. The summed E-state index contributed by atoms with van der Waals surface area (Å²) in [5.41, 5.74) is 9.94. The molecule has 1 aromatic rings. The average molecular weight is 159 g/mol. The molecule has 3 nitrogen and oxygen atoms in total. The maximum absolute atomic E-state index is 8.08. The minimum Gasteiger partial charge on any atom is -0.0951 e. The van der Waals surface area contributed by atoms with Crippen molar-refractivity contribution in [1.82, 2.24) is 0 Å². The van der Waals surface area contributed by atoms with Crippen molar-refractivity contribution in [3.05, 3.63) is 52.9 Å². The lowest BCUT2D eigenvalue weighted by Gasteiger charge is -1.99. The largest absolute Gasteiger partial charge is 0.0951 e. The van der Waals surface area contributed by atoms with E-state index in [9.17, 15) is 0 Å². The van der Waals surface area contributed by atoms with Crippen molar-refractivity contribution in [2.24, 2.45) is 5.11 Å². The standard InChI is InChI=1S/C9H9N3/c1-8(7-11-12-10)9-5-3-2-4-6-9/h2-6H,1,7H2. The monoisotopic (exact) mass is 159 g/mol. The lowest BCUT2D eigenvalue weighted by Crippen LogP contribution is -1.84. The van der Waals surface area contributed by atoms with Gasteiger partial charge in [0.25, 0.3) is 0 Å². The van der Waals surface area contributed by atoms with E-state index in [0.29, 0.717) is 6.54 Å². The van der Waals surface area contributed by atoms with Crippen LogP contribution in [0, 0.1) is 0 Å². The minimum atomic E-state index is 0.334. The predicted octanol–water partition coefficient (Wildman–Crippen LogP) is 3.01. The minimum absolute atomic E-state index is 0.334. The molecular formula is C9H9N3. The van der Waals surface area contributed by atoms with E-state index in [0.717, 1.165) is 11.1 Å². The molecule has 0 atom stereocenters. The van der Waals surface area contributed by atoms with E-state index in [1.54, 1.807) is 0 Å². The number of hydrogen-bond donors (Lipinski definition) is 0. The topological polar surface area (TPSA) is 48.8 Å². The van der Waals surface area contributed by atoms with Gasteiger partial charge in [-0.05, 0) is 16.7 Å². The van der Waals surface area contributed by atoms with Gasteiger partial charge in [0.1, 0.15) is 0 Å². The summed E-state index contributed by atoms with van der Waals surface area (Å²) in [4.78, 5) is 2.67. The molecule has 0 aromatic heterocycles. The van der Waals surface area contributed by atoms with Gasteiger partial charge in [-0.25, -0.2) is 0 Å². The van der Waals surface area contributed by atoms with Gasteiger partial charge in [0.15, 0.2) is 0 Å². The molecule has 0 heterocycles. The second-order valence-corrected chi connectivity index (χ2v) is 2.36. The third-order valence-corrected chi connectivity index (χ3v) is 1.51. The van der Waals surface area contributed by atoms with Gasteiger partial charge < -0.3 is 0 Å². The van der Waals surface area contributed by atoms with Crippen LogP contribution in [0.5, 0.6) is 0 Å². The van der Waals surface area contributed by atoms with Crippen molar-refractivity contribution in [2.45, 2.75) is 0 Å². The van der Waals surface area contributed by atoms with Gasteiger partial charge >= 0.3 is 0 Å². The Bertz CT molecular complexity index is 310. The van der Waals surface area contributed by atoms with Crippen molar-refractivity contribution in [1.29, 1.82) is 0 Å². The molecular weight excluding hydrogens is 150 g/mol. The highest BCUT2D eigenvalue weighted by Gasteiger charge is 1.93. The van der Waals surface area contributed by atoms with E-state index in [1.165, 1.54) is 0 Å². The van der Waals surface area contributed by atoms with E-state index in [4.69, 9.17) is 5.53 Å². The number of nitrogens with zero attached hydrogens (tertiary/aromatic N) is 3. The van der Waals surface area contributed by atoms with Gasteiger partial charge in [-0.3, -0.25) is 0 Å². The van der Waals surface area contributed by atoms with Crippen molar-refractivity contribution in [2.75, 3.05) is 6.54 Å². The van der Waals surface area contributed by atoms with E-state index in [2.05, 4.69) is 16.6 Å². The lowest BCUT2D eigenvalue weighted by molar-refractivity contribution is 1.23. The van der Waals surface area contributed by atoms with E-state index < -0.39 is 0 Å². The van der Waals surface area contributed by atoms with Crippen molar-refractivity contribution < 1.29 is 0 Å². The smallest absolute Gasteiger partial charge is 0.0510 e. The molecule has 0 radical (unpaired) electrons. The van der Waals surface area contributed by atoms with Gasteiger partial charge in [0, 0.05) is 4.91 Å². The number of hydrogen-bond acceptors (Lipinski definition) is 1. The molecule has 0 saturated heterocycles. The van der Waals surface area contributed by atoms with Crippen LogP contribution in [0.25, 0.3) is 16.0 Å². The molecule has 0 saturated carbocycles. The number of azide groups is 1. The summed E-state index contributed by atoms with van der Waals surface area (Å²) in [5, 5.41) is 3.43. The summed E-state index contributed by atoms with van der Waals surface area (Å²) in [7, 11) is 0. The second kappa shape index (κ2) is 4.21. The summed E-state index contributed by atoms with van der Waals surface area (Å²) in [6, 6.07) is 9.67. The van der Waals surface area contributed by atoms with Crippen LogP contribution in [0.15, 0.2) is 42.0 Å². The van der Waals surface area contributed by atoms with Crippen LogP contribution in [0.3, 0.4) is 0 Å². The highest BCUT2D eigenvalue weighted by atomic mass is 15.1. The molecule has 0 N–H and O–H groups in total. The maximum Gasteiger partial charge on any atom is 0.0510 e. The molecule has 60 valence electrons. The fourth-order valence-corrected chi connectivity index (χ4v) is 0.882. The molecule has 3 heteroatoms. The highest BCUT2D eigenvalue weighted by molar-refractivity contribution is 5.64. The summed E-state index contributed by atoms with van der Waals surface area (Å²) < 4.78 is 0. The predicted molar refractivity (Wildman–Crippen MR) is 49.5 cm³/mol. The Morgan fingerprint density at radius 2 is 2.08 bits per heavy atom. The van der Waals surface area contributed by atoms with Crippen molar-refractivity contribution in [3.8, 4) is 0 Å². The molecule has 0 spiro atoms. The zero-order valence-corrected chi connectivity index (χ0v) is 6.64. The Kier molecular flexibility index (Phi) is 2.94. The van der Waals surface area contributed by atoms with Crippen molar-refractivity contribution >= 4 is 5.57 Å². The Morgan fingerprint density at radius 3 is 2.67 bits per heavy atom. The quantitative estimate of drug-likeness (QED) is 0.370. The Labute approximate surface area is 71.0 Å². The van der Waals surface area contributed by atoms with Gasteiger partial charge in [-0.15, -0.1) is 0 Å². The molecule has 0 fully saturated rings. The summed E-state index contributed by atoms with van der Waals surface area (Å²) in [5.74, 6) is 0. The van der Waals surface area contributed by atoms with E-state index >= 15 is 0 Å². The Morgan fingerprint density at radius 1 is 1.42 bits per heavy atom. The van der Waals surface area contributed by atoms with Crippen LogP contribution in [0.4, 0.5) is 0 Å². The highest BCUT2D eigenvalue weighted by Crippen LogP contribution is 2.11. The molecule has 0 bridgehead atoms. The molecule has 0 aliphatic rings. The zero-order valence-electron chi connectivity index (χ0n) is 6.64. The summed E-state index contributed by atoms with van der Waals surface area (Å²) in [6.07, 6.45) is 0. The molecule has 1 aromatic carbocycles. The second-order valence-electron chi connectivity index (χ2n) is 2.36. The normalized spacial score (nSPS) is 8.67. The fraction of sp³-hybridized carbons (Fsp3) is 0.111. The molecule has 0 amide bonds. The maximum atomic E-state index is 8.08. The fourth-order valence-electron chi connectivity index (χ4n) is 0.882. The van der Waals surface area contributed by atoms with Crippen LogP contribution in [0.2, 0.25) is 0 Å². The third-order valence-electron chi connectivity index (χ3n) is 1.51. The van der Waals surface area contributed by atoms with Crippen LogP contribution < -0.4 is 0 Å². The summed E-state index contributed by atoms with van der Waals surface area (Å²) >= 11 is 0. The Balaban J connectivity index is 2.72. The molecule has 0 unspecified atom stereocenters. The van der Waals surface area contributed by atoms with Gasteiger partial charge in [0.05, 0.1) is 6.54 Å². The molecule has 0 aliphatic carbocycles. The molecule has 1 rings (SSSR count). The van der Waals surface area contributed by atoms with Gasteiger partial charge in [0.2, 0.25) is 0 Å². The van der Waals surface area contributed by atoms with E-state index in [-0.39, 0.29) is 0 Å². The Hall–Kier alpha value is -1.73. The zero-order chi connectivity index (χ0) is 8.81. The van der Waals surface area contributed by atoms with Gasteiger partial charge in [-0.2, -0.15) is 0 Å². The lowest BCUT2D eigenvalue weighted by atomic mass is 10.1. The SMILES string of the molecule is C=C(CN=[N+]=[N-])c1ccccc1. The van der Waals surface area contributed by atoms with Crippen LogP contribution >= 0.6 is 0 Å². The molecule has 12 heavy (non-hydrogen) atoms. The molecule has 0 aliphatic heterocycles. The summed E-state index contributed by atoms with van der Waals surface area (Å²) in [6.45, 7) is 4.13. The van der Waals surface area contributed by atoms with Crippen molar-refractivity contribution in [3.63, 3.8) is 0 Å². The average Bonchev–Trinajstić information content (AvgIpc) is 2.15.